The molecule has 0 aliphatic heterocycles. The average Bonchev–Trinajstić information content (AvgIpc) is 2.29. The number of benzene rings is 1. The third-order valence-corrected chi connectivity index (χ3v) is 2.35. The van der Waals surface area contributed by atoms with E-state index in [9.17, 15) is 8.78 Å². The number of pyridine rings is 1. The maximum absolute atomic E-state index is 13.6. The fraction of sp³-hybridized carbons (Fsp3) is 0.154. The molecule has 17 heavy (non-hydrogen) atoms. The van der Waals surface area contributed by atoms with Gasteiger partial charge in [-0.2, -0.15) is 0 Å². The molecule has 1 aromatic heterocycles. The molecule has 0 aliphatic carbocycles. The van der Waals surface area contributed by atoms with Crippen molar-refractivity contribution in [3.8, 4) is 11.3 Å². The van der Waals surface area contributed by atoms with Crippen LogP contribution in [-0.2, 0) is 0 Å². The summed E-state index contributed by atoms with van der Waals surface area (Å²) in [7, 11) is 0. The first kappa shape index (κ1) is 11.5. The molecule has 2 nitrogen and oxygen atoms in total. The molecule has 4 heteroatoms. The topological polar surface area (TPSA) is 24.9 Å². The third kappa shape index (κ3) is 2.58. The normalized spacial score (nSPS) is 10.3. The predicted molar refractivity (Wildman–Crippen MR) is 63.8 cm³/mol. The zero-order valence-corrected chi connectivity index (χ0v) is 9.37. The van der Waals surface area contributed by atoms with E-state index in [2.05, 4.69) is 10.3 Å². The summed E-state index contributed by atoms with van der Waals surface area (Å²) in [4.78, 5) is 4.08. The van der Waals surface area contributed by atoms with Gasteiger partial charge >= 0.3 is 0 Å². The van der Waals surface area contributed by atoms with Crippen molar-refractivity contribution in [3.63, 3.8) is 0 Å². The van der Waals surface area contributed by atoms with Gasteiger partial charge in [0.05, 0.1) is 5.69 Å². The predicted octanol–water partition coefficient (Wildman–Crippen LogP) is 3.46. The van der Waals surface area contributed by atoms with Gasteiger partial charge in [0.2, 0.25) is 0 Å². The minimum Gasteiger partial charge on any atom is -0.385 e. The number of hydrogen-bond donors (Lipinski definition) is 1. The minimum atomic E-state index is -0.605. The number of nitrogens with zero attached hydrogens (tertiary/aromatic N) is 1. The van der Waals surface area contributed by atoms with Crippen LogP contribution in [0.15, 0.2) is 36.5 Å². The lowest BCUT2D eigenvalue weighted by Gasteiger charge is -2.06. The van der Waals surface area contributed by atoms with Gasteiger partial charge in [0.15, 0.2) is 0 Å². The zero-order chi connectivity index (χ0) is 12.3. The Labute approximate surface area is 98.3 Å². The number of nitrogens with one attached hydrogen (secondary N) is 1. The summed E-state index contributed by atoms with van der Waals surface area (Å²) in [5.41, 5.74) is 1.65. The standard InChI is InChI=1S/C13H12F2N2/c1-2-16-10-5-6-17-13(8-10)11-4-3-9(14)7-12(11)15/h3-8H,2H2,1H3,(H,16,17). The Morgan fingerprint density at radius 2 is 2.00 bits per heavy atom. The van der Waals surface area contributed by atoms with E-state index in [0.717, 1.165) is 18.3 Å². The molecular formula is C13H12F2N2. The fourth-order valence-corrected chi connectivity index (χ4v) is 1.59. The summed E-state index contributed by atoms with van der Waals surface area (Å²) in [5, 5.41) is 3.11. The molecule has 0 saturated carbocycles. The van der Waals surface area contributed by atoms with Gasteiger partial charge in [-0.3, -0.25) is 4.98 Å². The summed E-state index contributed by atoms with van der Waals surface area (Å²) in [6, 6.07) is 7.01. The molecule has 0 aliphatic rings. The number of hydrogen-bond acceptors (Lipinski definition) is 2. The SMILES string of the molecule is CCNc1ccnc(-c2ccc(F)cc2F)c1. The second kappa shape index (κ2) is 4.91. The lowest BCUT2D eigenvalue weighted by Crippen LogP contribution is -1.97. The molecular weight excluding hydrogens is 222 g/mol. The Balaban J connectivity index is 2.42. The van der Waals surface area contributed by atoms with Crippen molar-refractivity contribution in [2.45, 2.75) is 6.92 Å². The average molecular weight is 234 g/mol. The van der Waals surface area contributed by atoms with E-state index in [1.54, 1.807) is 18.3 Å². The first-order valence-corrected chi connectivity index (χ1v) is 5.36. The Morgan fingerprint density at radius 3 is 2.71 bits per heavy atom. The van der Waals surface area contributed by atoms with E-state index in [-0.39, 0.29) is 0 Å². The van der Waals surface area contributed by atoms with Crippen molar-refractivity contribution in [1.29, 1.82) is 0 Å². The van der Waals surface area contributed by atoms with Crippen LogP contribution in [0.1, 0.15) is 6.92 Å². The Morgan fingerprint density at radius 1 is 1.18 bits per heavy atom. The highest BCUT2D eigenvalue weighted by Gasteiger charge is 2.07. The molecule has 0 atom stereocenters. The molecule has 2 aromatic rings. The summed E-state index contributed by atoms with van der Waals surface area (Å²) >= 11 is 0. The fourth-order valence-electron chi connectivity index (χ4n) is 1.59. The highest BCUT2D eigenvalue weighted by atomic mass is 19.1. The minimum absolute atomic E-state index is 0.297. The molecule has 1 N–H and O–H groups in total. The summed E-state index contributed by atoms with van der Waals surface area (Å²) in [6.45, 7) is 2.74. The maximum atomic E-state index is 13.6. The van der Waals surface area contributed by atoms with Crippen LogP contribution >= 0.6 is 0 Å². The van der Waals surface area contributed by atoms with E-state index < -0.39 is 11.6 Å². The van der Waals surface area contributed by atoms with Crippen LogP contribution in [0.25, 0.3) is 11.3 Å². The smallest absolute Gasteiger partial charge is 0.135 e. The van der Waals surface area contributed by atoms with Gasteiger partial charge in [-0.25, -0.2) is 8.78 Å². The van der Waals surface area contributed by atoms with Crippen molar-refractivity contribution in [3.05, 3.63) is 48.2 Å². The van der Waals surface area contributed by atoms with Crippen LogP contribution in [0.4, 0.5) is 14.5 Å². The van der Waals surface area contributed by atoms with E-state index in [0.29, 0.717) is 11.3 Å². The van der Waals surface area contributed by atoms with Crippen molar-refractivity contribution in [2.24, 2.45) is 0 Å². The van der Waals surface area contributed by atoms with E-state index in [1.807, 2.05) is 6.92 Å². The zero-order valence-electron chi connectivity index (χ0n) is 9.37. The lowest BCUT2D eigenvalue weighted by atomic mass is 10.1. The van der Waals surface area contributed by atoms with Gasteiger partial charge in [-0.05, 0) is 31.2 Å². The number of aromatic nitrogens is 1. The van der Waals surface area contributed by atoms with Gasteiger partial charge < -0.3 is 5.32 Å². The Kier molecular flexibility index (Phi) is 3.32. The molecule has 0 saturated heterocycles. The third-order valence-electron chi connectivity index (χ3n) is 2.35. The van der Waals surface area contributed by atoms with Crippen LogP contribution in [0, 0.1) is 11.6 Å². The van der Waals surface area contributed by atoms with Crippen LogP contribution < -0.4 is 5.32 Å². The lowest BCUT2D eigenvalue weighted by molar-refractivity contribution is 0.585. The van der Waals surface area contributed by atoms with Gasteiger partial charge in [0.1, 0.15) is 11.6 Å². The Hall–Kier alpha value is -1.97. The van der Waals surface area contributed by atoms with Gasteiger partial charge in [0, 0.05) is 30.1 Å². The molecule has 0 spiro atoms. The summed E-state index contributed by atoms with van der Waals surface area (Å²) in [6.07, 6.45) is 1.59. The molecule has 0 radical (unpaired) electrons. The van der Waals surface area contributed by atoms with Gasteiger partial charge in [-0.15, -0.1) is 0 Å². The monoisotopic (exact) mass is 234 g/mol. The number of halogens is 2. The molecule has 2 rings (SSSR count). The van der Waals surface area contributed by atoms with Crippen molar-refractivity contribution < 1.29 is 8.78 Å². The van der Waals surface area contributed by atoms with E-state index in [4.69, 9.17) is 0 Å². The largest absolute Gasteiger partial charge is 0.385 e. The van der Waals surface area contributed by atoms with Crippen LogP contribution in [0.2, 0.25) is 0 Å². The molecule has 0 fully saturated rings. The van der Waals surface area contributed by atoms with Crippen LogP contribution in [0.5, 0.6) is 0 Å². The molecule has 1 aromatic carbocycles. The summed E-state index contributed by atoms with van der Waals surface area (Å²) in [5.74, 6) is -1.19. The molecule has 0 bridgehead atoms. The van der Waals surface area contributed by atoms with Crippen molar-refractivity contribution in [1.82, 2.24) is 4.98 Å². The maximum Gasteiger partial charge on any atom is 0.135 e. The molecule has 88 valence electrons. The van der Waals surface area contributed by atoms with Crippen LogP contribution in [-0.4, -0.2) is 11.5 Å². The van der Waals surface area contributed by atoms with Gasteiger partial charge in [-0.1, -0.05) is 0 Å². The first-order valence-electron chi connectivity index (χ1n) is 5.36. The number of anilines is 1. The first-order chi connectivity index (χ1) is 8.20. The highest BCUT2D eigenvalue weighted by molar-refractivity contribution is 5.64. The van der Waals surface area contributed by atoms with Crippen LogP contribution in [0.3, 0.4) is 0 Å². The van der Waals surface area contributed by atoms with Crippen molar-refractivity contribution >= 4 is 5.69 Å². The van der Waals surface area contributed by atoms with E-state index >= 15 is 0 Å². The highest BCUT2D eigenvalue weighted by Crippen LogP contribution is 2.23. The Bertz CT molecular complexity index is 527. The molecule has 0 unspecified atom stereocenters. The number of rotatable bonds is 3. The molecule has 0 amide bonds. The van der Waals surface area contributed by atoms with E-state index in [1.165, 1.54) is 12.1 Å². The summed E-state index contributed by atoms with van der Waals surface area (Å²) < 4.78 is 26.3. The van der Waals surface area contributed by atoms with Crippen molar-refractivity contribution in [2.75, 3.05) is 11.9 Å². The second-order valence-corrected chi connectivity index (χ2v) is 3.58. The van der Waals surface area contributed by atoms with Gasteiger partial charge in [0.25, 0.3) is 0 Å². The second-order valence-electron chi connectivity index (χ2n) is 3.58. The molecule has 1 heterocycles. The quantitative estimate of drug-likeness (QED) is 0.879.